The Morgan fingerprint density at radius 3 is 2.33 bits per heavy atom. The number of hydrogen-bond acceptors (Lipinski definition) is 4. The maximum atomic E-state index is 5.88. The van der Waals surface area contributed by atoms with Crippen molar-refractivity contribution < 1.29 is 18.9 Å². The molecule has 0 spiro atoms. The topological polar surface area (TPSA) is 36.9 Å². The van der Waals surface area contributed by atoms with Gasteiger partial charge in [0.05, 0.1) is 7.11 Å². The number of hydrogen-bond donors (Lipinski definition) is 0. The zero-order chi connectivity index (χ0) is 18.6. The van der Waals surface area contributed by atoms with Crippen molar-refractivity contribution in [2.24, 2.45) is 0 Å². The van der Waals surface area contributed by atoms with Gasteiger partial charge in [-0.1, -0.05) is 49.4 Å². The SMILES string of the molecule is COc1cc2c(cc1[C@H](C)c1ccc(OCc3ccccc3)cc1)OCO2. The molecule has 0 N–H and O–H groups in total. The van der Waals surface area contributed by atoms with E-state index in [2.05, 4.69) is 31.2 Å². The molecule has 1 heterocycles. The van der Waals surface area contributed by atoms with E-state index in [1.807, 2.05) is 42.5 Å². The number of benzene rings is 3. The summed E-state index contributed by atoms with van der Waals surface area (Å²) in [5.74, 6) is 3.30. The highest BCUT2D eigenvalue weighted by Gasteiger charge is 2.21. The molecule has 0 fully saturated rings. The summed E-state index contributed by atoms with van der Waals surface area (Å²) in [7, 11) is 1.67. The smallest absolute Gasteiger partial charge is 0.231 e. The van der Waals surface area contributed by atoms with Crippen LogP contribution in [0.25, 0.3) is 0 Å². The summed E-state index contributed by atoms with van der Waals surface area (Å²) < 4.78 is 22.4. The van der Waals surface area contributed by atoms with Crippen LogP contribution in [-0.4, -0.2) is 13.9 Å². The highest BCUT2D eigenvalue weighted by atomic mass is 16.7. The van der Waals surface area contributed by atoms with Crippen molar-refractivity contribution in [3.8, 4) is 23.0 Å². The number of fused-ring (bicyclic) bond motifs is 1. The van der Waals surface area contributed by atoms with Crippen molar-refractivity contribution in [3.63, 3.8) is 0 Å². The molecule has 0 aliphatic carbocycles. The zero-order valence-electron chi connectivity index (χ0n) is 15.5. The van der Waals surface area contributed by atoms with Gasteiger partial charge in [-0.2, -0.15) is 0 Å². The van der Waals surface area contributed by atoms with E-state index < -0.39 is 0 Å². The van der Waals surface area contributed by atoms with Crippen LogP contribution in [0.4, 0.5) is 0 Å². The molecule has 1 aliphatic heterocycles. The normalized spacial score (nSPS) is 13.3. The first kappa shape index (κ1) is 17.3. The molecule has 0 saturated carbocycles. The first-order chi connectivity index (χ1) is 13.2. The lowest BCUT2D eigenvalue weighted by molar-refractivity contribution is 0.174. The first-order valence-corrected chi connectivity index (χ1v) is 8.99. The number of ether oxygens (including phenoxy) is 4. The number of methoxy groups -OCH3 is 1. The van der Waals surface area contributed by atoms with Crippen LogP contribution in [0.2, 0.25) is 0 Å². The molecule has 27 heavy (non-hydrogen) atoms. The van der Waals surface area contributed by atoms with Crippen LogP contribution in [0.1, 0.15) is 29.5 Å². The van der Waals surface area contributed by atoms with Gasteiger partial charge in [0.25, 0.3) is 0 Å². The maximum Gasteiger partial charge on any atom is 0.231 e. The van der Waals surface area contributed by atoms with Crippen LogP contribution < -0.4 is 18.9 Å². The van der Waals surface area contributed by atoms with Gasteiger partial charge in [0.1, 0.15) is 18.1 Å². The van der Waals surface area contributed by atoms with Gasteiger partial charge in [-0.15, -0.1) is 0 Å². The molecule has 1 atom stereocenters. The van der Waals surface area contributed by atoms with E-state index in [1.165, 1.54) is 5.56 Å². The summed E-state index contributed by atoms with van der Waals surface area (Å²) in [6.07, 6.45) is 0. The van der Waals surface area contributed by atoms with Gasteiger partial charge < -0.3 is 18.9 Å². The predicted octanol–water partition coefficient (Wildman–Crippen LogP) is 5.15. The van der Waals surface area contributed by atoms with Crippen molar-refractivity contribution in [2.75, 3.05) is 13.9 Å². The van der Waals surface area contributed by atoms with Gasteiger partial charge in [0.2, 0.25) is 6.79 Å². The Hall–Kier alpha value is -3.14. The molecule has 0 saturated heterocycles. The van der Waals surface area contributed by atoms with E-state index >= 15 is 0 Å². The van der Waals surface area contributed by atoms with Crippen LogP contribution in [-0.2, 0) is 6.61 Å². The lowest BCUT2D eigenvalue weighted by Gasteiger charge is -2.17. The summed E-state index contributed by atoms with van der Waals surface area (Å²) in [6.45, 7) is 2.97. The molecular formula is C23H22O4. The minimum atomic E-state index is 0.151. The molecule has 4 heteroatoms. The fraction of sp³-hybridized carbons (Fsp3) is 0.217. The maximum absolute atomic E-state index is 5.88. The van der Waals surface area contributed by atoms with E-state index in [1.54, 1.807) is 7.11 Å². The average molecular weight is 362 g/mol. The molecule has 3 aromatic carbocycles. The molecular weight excluding hydrogens is 340 g/mol. The summed E-state index contributed by atoms with van der Waals surface area (Å²) in [6, 6.07) is 22.3. The molecule has 4 nitrogen and oxygen atoms in total. The van der Waals surface area contributed by atoms with Crippen molar-refractivity contribution in [1.82, 2.24) is 0 Å². The Morgan fingerprint density at radius 1 is 0.926 bits per heavy atom. The molecule has 0 radical (unpaired) electrons. The van der Waals surface area contributed by atoms with E-state index in [4.69, 9.17) is 18.9 Å². The minimum absolute atomic E-state index is 0.151. The fourth-order valence-electron chi connectivity index (χ4n) is 3.23. The van der Waals surface area contributed by atoms with Gasteiger partial charge in [-0.05, 0) is 29.3 Å². The molecule has 1 aliphatic rings. The van der Waals surface area contributed by atoms with Crippen LogP contribution in [0, 0.1) is 0 Å². The molecule has 0 amide bonds. The zero-order valence-corrected chi connectivity index (χ0v) is 15.5. The number of rotatable bonds is 6. The Morgan fingerprint density at radius 2 is 1.63 bits per heavy atom. The van der Waals surface area contributed by atoms with Crippen molar-refractivity contribution >= 4 is 0 Å². The molecule has 3 aromatic rings. The minimum Gasteiger partial charge on any atom is -0.496 e. The molecule has 0 aromatic heterocycles. The third kappa shape index (κ3) is 3.70. The van der Waals surface area contributed by atoms with Gasteiger partial charge in [0.15, 0.2) is 11.5 Å². The van der Waals surface area contributed by atoms with Crippen LogP contribution >= 0.6 is 0 Å². The van der Waals surface area contributed by atoms with E-state index in [0.29, 0.717) is 6.61 Å². The van der Waals surface area contributed by atoms with Gasteiger partial charge >= 0.3 is 0 Å². The largest absolute Gasteiger partial charge is 0.496 e. The second-order valence-corrected chi connectivity index (χ2v) is 6.51. The second kappa shape index (κ2) is 7.62. The van der Waals surface area contributed by atoms with E-state index in [-0.39, 0.29) is 12.7 Å². The molecule has 0 unspecified atom stereocenters. The van der Waals surface area contributed by atoms with Crippen LogP contribution in [0.3, 0.4) is 0 Å². The quantitative estimate of drug-likeness (QED) is 0.607. The molecule has 4 rings (SSSR count). The van der Waals surface area contributed by atoms with E-state index in [0.717, 1.165) is 34.1 Å². The summed E-state index contributed by atoms with van der Waals surface area (Å²) in [5, 5.41) is 0. The highest BCUT2D eigenvalue weighted by molar-refractivity contribution is 5.54. The van der Waals surface area contributed by atoms with Gasteiger partial charge in [-0.25, -0.2) is 0 Å². The van der Waals surface area contributed by atoms with Crippen molar-refractivity contribution in [2.45, 2.75) is 19.4 Å². The second-order valence-electron chi connectivity index (χ2n) is 6.51. The Bertz CT molecular complexity index is 904. The van der Waals surface area contributed by atoms with Gasteiger partial charge in [0, 0.05) is 17.5 Å². The fourth-order valence-corrected chi connectivity index (χ4v) is 3.23. The van der Waals surface area contributed by atoms with Crippen molar-refractivity contribution in [3.05, 3.63) is 83.4 Å². The molecule has 138 valence electrons. The van der Waals surface area contributed by atoms with E-state index in [9.17, 15) is 0 Å². The average Bonchev–Trinajstić information content (AvgIpc) is 3.19. The Balaban J connectivity index is 1.50. The Kier molecular flexibility index (Phi) is 4.88. The first-order valence-electron chi connectivity index (χ1n) is 8.99. The summed E-state index contributed by atoms with van der Waals surface area (Å²) in [4.78, 5) is 0. The third-order valence-corrected chi connectivity index (χ3v) is 4.82. The van der Waals surface area contributed by atoms with Gasteiger partial charge in [-0.3, -0.25) is 0 Å². The lowest BCUT2D eigenvalue weighted by atomic mass is 9.92. The summed E-state index contributed by atoms with van der Waals surface area (Å²) >= 11 is 0. The lowest BCUT2D eigenvalue weighted by Crippen LogP contribution is -2.00. The van der Waals surface area contributed by atoms with Crippen LogP contribution in [0.5, 0.6) is 23.0 Å². The molecule has 0 bridgehead atoms. The third-order valence-electron chi connectivity index (χ3n) is 4.82. The predicted molar refractivity (Wildman–Crippen MR) is 104 cm³/mol. The highest BCUT2D eigenvalue weighted by Crippen LogP contribution is 2.42. The summed E-state index contributed by atoms with van der Waals surface area (Å²) in [5.41, 5.74) is 3.40. The van der Waals surface area contributed by atoms with Crippen LogP contribution in [0.15, 0.2) is 66.7 Å². The monoisotopic (exact) mass is 362 g/mol. The Labute approximate surface area is 159 Å². The van der Waals surface area contributed by atoms with Crippen molar-refractivity contribution in [1.29, 1.82) is 0 Å². The standard InChI is InChI=1S/C23H22O4/c1-16(20-12-22-23(27-15-26-22)13-21(20)24-2)18-8-10-19(11-9-18)25-14-17-6-4-3-5-7-17/h3-13,16H,14-15H2,1-2H3/t16-/m1/s1.